The summed E-state index contributed by atoms with van der Waals surface area (Å²) in [4.78, 5) is 38.6. The topological polar surface area (TPSA) is 75.7 Å². The van der Waals surface area contributed by atoms with E-state index >= 15 is 0 Å². The van der Waals surface area contributed by atoms with Crippen LogP contribution in [0.1, 0.15) is 36.4 Å². The standard InChI is InChI=1S/C16H21BrN2O4S/c1-3-23-16(22)11-6-8-19(9-7-11)15(21)10(2)18-14(20)12-4-5-13(17)24-12/h4-5,10-11H,3,6-9H2,1-2H3,(H,18,20). The van der Waals surface area contributed by atoms with Crippen LogP contribution in [0.25, 0.3) is 0 Å². The fraction of sp³-hybridized carbons (Fsp3) is 0.562. The molecule has 2 rings (SSSR count). The summed E-state index contributed by atoms with van der Waals surface area (Å²) in [7, 11) is 0. The van der Waals surface area contributed by atoms with Crippen LogP contribution < -0.4 is 5.32 Å². The molecule has 0 radical (unpaired) electrons. The van der Waals surface area contributed by atoms with E-state index in [1.165, 1.54) is 11.3 Å². The van der Waals surface area contributed by atoms with Gasteiger partial charge in [-0.2, -0.15) is 0 Å². The van der Waals surface area contributed by atoms with E-state index in [1.807, 2.05) is 0 Å². The Bertz CT molecular complexity index is 611. The highest BCUT2D eigenvalue weighted by Gasteiger charge is 2.30. The molecule has 1 aliphatic rings. The lowest BCUT2D eigenvalue weighted by molar-refractivity contribution is -0.151. The Hall–Kier alpha value is -1.41. The number of carbonyl (C=O) groups excluding carboxylic acids is 3. The lowest BCUT2D eigenvalue weighted by Crippen LogP contribution is -2.49. The summed E-state index contributed by atoms with van der Waals surface area (Å²) in [5.74, 6) is -0.703. The van der Waals surface area contributed by atoms with Crippen LogP contribution in [0.5, 0.6) is 0 Å². The Morgan fingerprint density at radius 3 is 2.58 bits per heavy atom. The van der Waals surface area contributed by atoms with Crippen LogP contribution in [0.4, 0.5) is 0 Å². The average Bonchev–Trinajstić information content (AvgIpc) is 3.01. The molecular formula is C16H21BrN2O4S. The second-order valence-electron chi connectivity index (χ2n) is 5.65. The smallest absolute Gasteiger partial charge is 0.309 e. The SMILES string of the molecule is CCOC(=O)C1CCN(C(=O)C(C)NC(=O)c2ccc(Br)s2)CC1. The van der Waals surface area contributed by atoms with Gasteiger partial charge in [0.1, 0.15) is 6.04 Å². The van der Waals surface area contributed by atoms with Gasteiger partial charge >= 0.3 is 5.97 Å². The molecule has 2 heterocycles. The van der Waals surface area contributed by atoms with Crippen molar-refractivity contribution in [1.29, 1.82) is 0 Å². The largest absolute Gasteiger partial charge is 0.466 e. The Morgan fingerprint density at radius 2 is 2.04 bits per heavy atom. The summed E-state index contributed by atoms with van der Waals surface area (Å²) >= 11 is 4.63. The van der Waals surface area contributed by atoms with Crippen molar-refractivity contribution in [3.63, 3.8) is 0 Å². The summed E-state index contributed by atoms with van der Waals surface area (Å²) in [6, 6.07) is 2.91. The number of thiophene rings is 1. The Morgan fingerprint density at radius 1 is 1.38 bits per heavy atom. The summed E-state index contributed by atoms with van der Waals surface area (Å²) in [6.45, 7) is 4.85. The molecule has 24 heavy (non-hydrogen) atoms. The molecule has 2 amide bonds. The van der Waals surface area contributed by atoms with Crippen molar-refractivity contribution < 1.29 is 19.1 Å². The van der Waals surface area contributed by atoms with E-state index in [0.29, 0.717) is 37.4 Å². The monoisotopic (exact) mass is 416 g/mol. The number of rotatable bonds is 5. The number of amides is 2. The maximum atomic E-state index is 12.5. The van der Waals surface area contributed by atoms with Crippen molar-refractivity contribution in [2.45, 2.75) is 32.7 Å². The quantitative estimate of drug-likeness (QED) is 0.747. The normalized spacial score (nSPS) is 16.5. The molecule has 1 aromatic heterocycles. The molecule has 8 heteroatoms. The molecule has 0 saturated carbocycles. The van der Waals surface area contributed by atoms with E-state index < -0.39 is 6.04 Å². The first-order valence-electron chi connectivity index (χ1n) is 7.94. The zero-order valence-electron chi connectivity index (χ0n) is 13.7. The fourth-order valence-corrected chi connectivity index (χ4v) is 3.92. The van der Waals surface area contributed by atoms with E-state index in [2.05, 4.69) is 21.2 Å². The number of hydrogen-bond donors (Lipinski definition) is 1. The lowest BCUT2D eigenvalue weighted by atomic mass is 9.96. The number of halogens is 1. The number of esters is 1. The van der Waals surface area contributed by atoms with Crippen LogP contribution >= 0.6 is 27.3 Å². The Labute approximate surface area is 153 Å². The zero-order valence-corrected chi connectivity index (χ0v) is 16.1. The van der Waals surface area contributed by atoms with Crippen molar-refractivity contribution in [3.05, 3.63) is 20.8 Å². The first kappa shape index (κ1) is 18.9. The van der Waals surface area contributed by atoms with Gasteiger partial charge in [-0.3, -0.25) is 14.4 Å². The number of carbonyl (C=O) groups is 3. The number of piperidine rings is 1. The van der Waals surface area contributed by atoms with E-state index in [4.69, 9.17) is 4.74 Å². The van der Waals surface area contributed by atoms with Crippen molar-refractivity contribution in [3.8, 4) is 0 Å². The molecule has 0 spiro atoms. The van der Waals surface area contributed by atoms with Crippen LogP contribution in [0.15, 0.2) is 15.9 Å². The Kier molecular flexibility index (Phi) is 6.79. The highest BCUT2D eigenvalue weighted by molar-refractivity contribution is 9.11. The molecule has 1 N–H and O–H groups in total. The molecule has 6 nitrogen and oxygen atoms in total. The number of ether oxygens (including phenoxy) is 1. The zero-order chi connectivity index (χ0) is 17.7. The molecular weight excluding hydrogens is 396 g/mol. The van der Waals surface area contributed by atoms with Crippen LogP contribution in [-0.2, 0) is 14.3 Å². The molecule has 1 atom stereocenters. The van der Waals surface area contributed by atoms with E-state index in [0.717, 1.165) is 3.79 Å². The van der Waals surface area contributed by atoms with Crippen LogP contribution in [0.2, 0.25) is 0 Å². The predicted molar refractivity (Wildman–Crippen MR) is 94.9 cm³/mol. The van der Waals surface area contributed by atoms with Crippen molar-refractivity contribution in [2.75, 3.05) is 19.7 Å². The van der Waals surface area contributed by atoms with E-state index in [-0.39, 0.29) is 23.7 Å². The highest BCUT2D eigenvalue weighted by Crippen LogP contribution is 2.22. The van der Waals surface area contributed by atoms with Crippen molar-refractivity contribution in [2.24, 2.45) is 5.92 Å². The minimum atomic E-state index is -0.600. The summed E-state index contributed by atoms with van der Waals surface area (Å²) < 4.78 is 5.89. The second kappa shape index (κ2) is 8.62. The van der Waals surface area contributed by atoms with Gasteiger partial charge in [-0.15, -0.1) is 11.3 Å². The third kappa shape index (κ3) is 4.80. The van der Waals surface area contributed by atoms with Gasteiger partial charge < -0.3 is 15.0 Å². The van der Waals surface area contributed by atoms with Crippen LogP contribution in [0, 0.1) is 5.92 Å². The first-order chi connectivity index (χ1) is 11.4. The van der Waals surface area contributed by atoms with Crippen molar-refractivity contribution in [1.82, 2.24) is 10.2 Å². The maximum absolute atomic E-state index is 12.5. The highest BCUT2D eigenvalue weighted by atomic mass is 79.9. The number of nitrogens with one attached hydrogen (secondary N) is 1. The third-order valence-corrected chi connectivity index (χ3v) is 5.56. The number of nitrogens with zero attached hydrogens (tertiary/aromatic N) is 1. The Balaban J connectivity index is 1.83. The molecule has 1 saturated heterocycles. The maximum Gasteiger partial charge on any atom is 0.309 e. The van der Waals surface area contributed by atoms with Crippen LogP contribution in [0.3, 0.4) is 0 Å². The van der Waals surface area contributed by atoms with Gasteiger partial charge in [0.2, 0.25) is 5.91 Å². The molecule has 1 unspecified atom stereocenters. The van der Waals surface area contributed by atoms with Gasteiger partial charge in [-0.25, -0.2) is 0 Å². The van der Waals surface area contributed by atoms with E-state index in [9.17, 15) is 14.4 Å². The molecule has 132 valence electrons. The fourth-order valence-electron chi connectivity index (χ4n) is 2.64. The number of likely N-dealkylation sites (tertiary alicyclic amines) is 1. The van der Waals surface area contributed by atoms with Crippen LogP contribution in [-0.4, -0.2) is 48.4 Å². The molecule has 0 aliphatic carbocycles. The third-order valence-electron chi connectivity index (χ3n) is 3.94. The van der Waals surface area contributed by atoms with Gasteiger partial charge in [0.15, 0.2) is 0 Å². The molecule has 1 fully saturated rings. The molecule has 1 aromatic rings. The van der Waals surface area contributed by atoms with E-state index in [1.54, 1.807) is 30.9 Å². The summed E-state index contributed by atoms with van der Waals surface area (Å²) in [5.41, 5.74) is 0. The molecule has 0 bridgehead atoms. The average molecular weight is 417 g/mol. The number of hydrogen-bond acceptors (Lipinski definition) is 5. The minimum Gasteiger partial charge on any atom is -0.466 e. The van der Waals surface area contributed by atoms with Gasteiger partial charge in [0, 0.05) is 13.1 Å². The predicted octanol–water partition coefficient (Wildman–Crippen LogP) is 2.43. The molecule has 1 aliphatic heterocycles. The van der Waals surface area contributed by atoms with Crippen molar-refractivity contribution >= 4 is 45.1 Å². The van der Waals surface area contributed by atoms with Gasteiger partial charge in [0.25, 0.3) is 5.91 Å². The van der Waals surface area contributed by atoms with Gasteiger partial charge in [-0.05, 0) is 54.8 Å². The summed E-state index contributed by atoms with van der Waals surface area (Å²) in [6.07, 6.45) is 1.20. The summed E-state index contributed by atoms with van der Waals surface area (Å²) in [5, 5.41) is 2.73. The first-order valence-corrected chi connectivity index (χ1v) is 9.55. The minimum absolute atomic E-state index is 0.124. The molecule has 0 aromatic carbocycles. The lowest BCUT2D eigenvalue weighted by Gasteiger charge is -2.32. The van der Waals surface area contributed by atoms with Gasteiger partial charge in [0.05, 0.1) is 21.2 Å². The van der Waals surface area contributed by atoms with Gasteiger partial charge in [-0.1, -0.05) is 0 Å². The second-order valence-corrected chi connectivity index (χ2v) is 8.11.